The van der Waals surface area contributed by atoms with Crippen molar-refractivity contribution in [2.24, 2.45) is 11.8 Å². The molecular formula is C15H20O. The Morgan fingerprint density at radius 1 is 1.38 bits per heavy atom. The highest BCUT2D eigenvalue weighted by atomic mass is 16.3. The zero-order chi connectivity index (χ0) is 11.3. The zero-order valence-corrected chi connectivity index (χ0v) is 10.4. The first kappa shape index (κ1) is 10.2. The van der Waals surface area contributed by atoms with Crippen LogP contribution in [-0.2, 0) is 11.8 Å². The first-order valence-electron chi connectivity index (χ1n) is 6.33. The van der Waals surface area contributed by atoms with E-state index in [1.807, 2.05) is 6.26 Å². The maximum absolute atomic E-state index is 5.73. The average Bonchev–Trinajstić information content (AvgIpc) is 2.65. The van der Waals surface area contributed by atoms with Crippen LogP contribution in [0, 0.1) is 11.8 Å². The van der Waals surface area contributed by atoms with Gasteiger partial charge in [-0.25, -0.2) is 0 Å². The summed E-state index contributed by atoms with van der Waals surface area (Å²) in [6.07, 6.45) is 8.13. The topological polar surface area (TPSA) is 13.1 Å². The molecule has 0 N–H and O–H groups in total. The normalized spacial score (nSPS) is 31.6. The first-order chi connectivity index (χ1) is 7.59. The van der Waals surface area contributed by atoms with E-state index in [1.165, 1.54) is 30.6 Å². The van der Waals surface area contributed by atoms with Crippen LogP contribution in [0.4, 0.5) is 0 Å². The number of allylic oxidation sites excluding steroid dienone is 2. The van der Waals surface area contributed by atoms with E-state index in [4.69, 9.17) is 4.42 Å². The minimum absolute atomic E-state index is 0.207. The van der Waals surface area contributed by atoms with Gasteiger partial charge >= 0.3 is 0 Å². The molecule has 0 radical (unpaired) electrons. The predicted octanol–water partition coefficient (Wildman–Crippen LogP) is 4.09. The van der Waals surface area contributed by atoms with E-state index in [9.17, 15) is 0 Å². The number of fused-ring (bicyclic) bond motifs is 2. The molecule has 0 bridgehead atoms. The highest BCUT2D eigenvalue weighted by Gasteiger charge is 2.44. The van der Waals surface area contributed by atoms with E-state index < -0.39 is 0 Å². The van der Waals surface area contributed by atoms with Crippen molar-refractivity contribution >= 4 is 0 Å². The summed E-state index contributed by atoms with van der Waals surface area (Å²) in [5.74, 6) is 2.73. The second-order valence-electron chi connectivity index (χ2n) is 6.02. The van der Waals surface area contributed by atoms with Crippen LogP contribution in [0.1, 0.15) is 44.9 Å². The third-order valence-corrected chi connectivity index (χ3v) is 4.58. The van der Waals surface area contributed by atoms with E-state index in [1.54, 1.807) is 5.57 Å². The van der Waals surface area contributed by atoms with E-state index in [2.05, 4.69) is 32.9 Å². The molecule has 1 heterocycles. The minimum Gasteiger partial charge on any atom is -0.468 e. The lowest BCUT2D eigenvalue weighted by atomic mass is 9.60. The van der Waals surface area contributed by atoms with Gasteiger partial charge in [0, 0.05) is 5.41 Å². The van der Waals surface area contributed by atoms with Crippen molar-refractivity contribution in [3.63, 3.8) is 0 Å². The SMILES string of the molecule is CC1=C[C@H]2Cc3ccoc3C(C)(C)[C@@H]2CC1. The van der Waals surface area contributed by atoms with Gasteiger partial charge in [0.05, 0.1) is 6.26 Å². The van der Waals surface area contributed by atoms with Crippen LogP contribution in [0.5, 0.6) is 0 Å². The molecule has 1 aromatic rings. The molecule has 0 saturated heterocycles. The fourth-order valence-electron chi connectivity index (χ4n) is 3.74. The van der Waals surface area contributed by atoms with Crippen molar-refractivity contribution in [2.75, 3.05) is 0 Å². The van der Waals surface area contributed by atoms with Crippen molar-refractivity contribution in [1.82, 2.24) is 0 Å². The Kier molecular flexibility index (Phi) is 2.07. The fraction of sp³-hybridized carbons (Fsp3) is 0.600. The van der Waals surface area contributed by atoms with Crippen molar-refractivity contribution < 1.29 is 4.42 Å². The Morgan fingerprint density at radius 3 is 3.00 bits per heavy atom. The summed E-state index contributed by atoms with van der Waals surface area (Å²) in [5.41, 5.74) is 3.21. The van der Waals surface area contributed by atoms with Gasteiger partial charge in [-0.15, -0.1) is 0 Å². The molecule has 0 amide bonds. The highest BCUT2D eigenvalue weighted by molar-refractivity contribution is 5.32. The van der Waals surface area contributed by atoms with Gasteiger partial charge in [0.15, 0.2) is 0 Å². The molecular weight excluding hydrogens is 196 g/mol. The lowest BCUT2D eigenvalue weighted by molar-refractivity contribution is 0.169. The number of hydrogen-bond donors (Lipinski definition) is 0. The van der Waals surface area contributed by atoms with Gasteiger partial charge < -0.3 is 4.42 Å². The Hall–Kier alpha value is -0.980. The van der Waals surface area contributed by atoms with Crippen LogP contribution >= 0.6 is 0 Å². The molecule has 0 aromatic carbocycles. The number of hydrogen-bond acceptors (Lipinski definition) is 1. The third-order valence-electron chi connectivity index (χ3n) is 4.58. The van der Waals surface area contributed by atoms with Crippen LogP contribution < -0.4 is 0 Å². The van der Waals surface area contributed by atoms with Crippen LogP contribution in [0.3, 0.4) is 0 Å². The molecule has 0 aliphatic heterocycles. The molecule has 2 aliphatic carbocycles. The molecule has 16 heavy (non-hydrogen) atoms. The molecule has 0 unspecified atom stereocenters. The Bertz CT molecular complexity index is 436. The standard InChI is InChI=1S/C15H20O/c1-10-4-5-13-12(8-10)9-11-6-7-16-14(11)15(13,2)3/h6-8,12-13H,4-5,9H2,1-3H3/t12-,13+/m0/s1. The van der Waals surface area contributed by atoms with Gasteiger partial charge in [-0.1, -0.05) is 25.5 Å². The van der Waals surface area contributed by atoms with Crippen LogP contribution in [0.2, 0.25) is 0 Å². The summed E-state index contributed by atoms with van der Waals surface area (Å²) in [5, 5.41) is 0. The molecule has 2 atom stereocenters. The summed E-state index contributed by atoms with van der Waals surface area (Å²) < 4.78 is 5.73. The van der Waals surface area contributed by atoms with E-state index >= 15 is 0 Å². The Labute approximate surface area is 97.5 Å². The average molecular weight is 216 g/mol. The van der Waals surface area contributed by atoms with Crippen LogP contribution in [0.25, 0.3) is 0 Å². The first-order valence-corrected chi connectivity index (χ1v) is 6.33. The van der Waals surface area contributed by atoms with Gasteiger partial charge in [-0.2, -0.15) is 0 Å². The van der Waals surface area contributed by atoms with E-state index in [-0.39, 0.29) is 5.41 Å². The molecule has 86 valence electrons. The van der Waals surface area contributed by atoms with Crippen LogP contribution in [-0.4, -0.2) is 0 Å². The molecule has 0 spiro atoms. The monoisotopic (exact) mass is 216 g/mol. The van der Waals surface area contributed by atoms with E-state index in [0.29, 0.717) is 0 Å². The minimum atomic E-state index is 0.207. The van der Waals surface area contributed by atoms with Gasteiger partial charge in [-0.3, -0.25) is 0 Å². The molecule has 1 aromatic heterocycles. The lowest BCUT2D eigenvalue weighted by Crippen LogP contribution is -2.40. The maximum Gasteiger partial charge on any atom is 0.112 e. The summed E-state index contributed by atoms with van der Waals surface area (Å²) in [6.45, 7) is 6.97. The quantitative estimate of drug-likeness (QED) is 0.595. The molecule has 0 fully saturated rings. The lowest BCUT2D eigenvalue weighted by Gasteiger charge is -2.44. The third kappa shape index (κ3) is 1.30. The summed E-state index contributed by atoms with van der Waals surface area (Å²) in [6, 6.07) is 2.16. The second-order valence-corrected chi connectivity index (χ2v) is 6.02. The molecule has 2 aliphatic rings. The molecule has 1 heteroatoms. The summed E-state index contributed by atoms with van der Waals surface area (Å²) in [7, 11) is 0. The molecule has 3 rings (SSSR count). The second kappa shape index (κ2) is 3.26. The fourth-order valence-corrected chi connectivity index (χ4v) is 3.74. The molecule has 0 saturated carbocycles. The largest absolute Gasteiger partial charge is 0.468 e. The summed E-state index contributed by atoms with van der Waals surface area (Å²) >= 11 is 0. The number of rotatable bonds is 0. The van der Waals surface area contributed by atoms with Crippen molar-refractivity contribution in [3.8, 4) is 0 Å². The Balaban J connectivity index is 2.08. The van der Waals surface area contributed by atoms with Crippen LogP contribution in [0.15, 0.2) is 28.4 Å². The summed E-state index contributed by atoms with van der Waals surface area (Å²) in [4.78, 5) is 0. The van der Waals surface area contributed by atoms with Crippen molar-refractivity contribution in [2.45, 2.75) is 45.4 Å². The van der Waals surface area contributed by atoms with Gasteiger partial charge in [0.2, 0.25) is 0 Å². The van der Waals surface area contributed by atoms with Gasteiger partial charge in [-0.05, 0) is 49.7 Å². The Morgan fingerprint density at radius 2 is 2.19 bits per heavy atom. The van der Waals surface area contributed by atoms with E-state index in [0.717, 1.165) is 11.8 Å². The zero-order valence-electron chi connectivity index (χ0n) is 10.4. The predicted molar refractivity (Wildman–Crippen MR) is 65.4 cm³/mol. The maximum atomic E-state index is 5.73. The van der Waals surface area contributed by atoms with Crippen molar-refractivity contribution in [3.05, 3.63) is 35.3 Å². The van der Waals surface area contributed by atoms with Gasteiger partial charge in [0.25, 0.3) is 0 Å². The van der Waals surface area contributed by atoms with Gasteiger partial charge in [0.1, 0.15) is 5.76 Å². The van der Waals surface area contributed by atoms with Crippen molar-refractivity contribution in [1.29, 1.82) is 0 Å². The smallest absolute Gasteiger partial charge is 0.112 e. The molecule has 1 nitrogen and oxygen atoms in total. The highest BCUT2D eigenvalue weighted by Crippen LogP contribution is 2.49. The number of furan rings is 1.